The van der Waals surface area contributed by atoms with E-state index in [1.807, 2.05) is 0 Å². The van der Waals surface area contributed by atoms with Gasteiger partial charge in [0, 0.05) is 12.1 Å². The predicted octanol–water partition coefficient (Wildman–Crippen LogP) is 2.61. The van der Waals surface area contributed by atoms with Gasteiger partial charge >= 0.3 is 0 Å². The molecular weight excluding hydrogens is 165 g/mol. The van der Waals surface area contributed by atoms with Gasteiger partial charge in [-0.25, -0.2) is 4.39 Å². The molecule has 0 aromatic carbocycles. The Morgan fingerprint density at radius 1 is 1.69 bits per heavy atom. The Bertz CT molecular complexity index is 229. The molecule has 0 saturated carbocycles. The molecule has 13 heavy (non-hydrogen) atoms. The van der Waals surface area contributed by atoms with Gasteiger partial charge in [0.25, 0.3) is 0 Å². The zero-order valence-electron chi connectivity index (χ0n) is 9.65. The van der Waals surface area contributed by atoms with E-state index >= 15 is 0 Å². The van der Waals surface area contributed by atoms with E-state index in [4.69, 9.17) is 1.37 Å². The first-order valence-electron chi connectivity index (χ1n) is 5.88. The van der Waals surface area contributed by atoms with Gasteiger partial charge in [0.15, 0.2) is 0 Å². The van der Waals surface area contributed by atoms with Crippen LogP contribution in [-0.2, 0) is 0 Å². The lowest BCUT2D eigenvalue weighted by molar-refractivity contribution is 0.163. The van der Waals surface area contributed by atoms with Crippen molar-refractivity contribution in [2.24, 2.45) is 5.92 Å². The molecule has 0 amide bonds. The largest absolute Gasteiger partial charge is 0.295 e. The van der Waals surface area contributed by atoms with E-state index in [2.05, 4.69) is 18.7 Å². The number of nitrogens with zero attached hydrogens (tertiary/aromatic N) is 1. The number of hydrogen-bond acceptors (Lipinski definition) is 1. The van der Waals surface area contributed by atoms with Gasteiger partial charge in [-0.3, -0.25) is 4.90 Å². The fourth-order valence-corrected chi connectivity index (χ4v) is 3.12. The second-order valence-electron chi connectivity index (χ2n) is 5.04. The van der Waals surface area contributed by atoms with Crippen molar-refractivity contribution in [2.45, 2.75) is 51.2 Å². The molecule has 2 aliphatic heterocycles. The Labute approximate surface area is 81.7 Å². The minimum absolute atomic E-state index is 0.0324. The molecule has 0 aliphatic carbocycles. The zero-order valence-corrected chi connectivity index (χ0v) is 8.65. The van der Waals surface area contributed by atoms with Crippen molar-refractivity contribution >= 4 is 0 Å². The first-order valence-corrected chi connectivity index (χ1v) is 5.38. The van der Waals surface area contributed by atoms with Crippen molar-refractivity contribution in [1.29, 1.82) is 0 Å². The molecule has 2 aliphatic rings. The van der Waals surface area contributed by atoms with Gasteiger partial charge in [-0.15, -0.1) is 0 Å². The van der Waals surface area contributed by atoms with Crippen LogP contribution < -0.4 is 0 Å². The quantitative estimate of drug-likeness (QED) is 0.640. The van der Waals surface area contributed by atoms with E-state index in [1.54, 1.807) is 0 Å². The van der Waals surface area contributed by atoms with Crippen molar-refractivity contribution in [3.8, 4) is 0 Å². The van der Waals surface area contributed by atoms with Crippen LogP contribution in [0.2, 0.25) is 0 Å². The van der Waals surface area contributed by atoms with Gasteiger partial charge in [0.1, 0.15) is 6.15 Å². The van der Waals surface area contributed by atoms with Crippen LogP contribution in [0.5, 0.6) is 0 Å². The van der Waals surface area contributed by atoms with Gasteiger partial charge in [0.05, 0.1) is 1.37 Å². The summed E-state index contributed by atoms with van der Waals surface area (Å²) in [5, 5.41) is 0. The maximum atomic E-state index is 13.7. The summed E-state index contributed by atoms with van der Waals surface area (Å²) in [6, 6.07) is 0. The second-order valence-corrected chi connectivity index (χ2v) is 5.04. The highest BCUT2D eigenvalue weighted by Gasteiger charge is 2.48. The minimum atomic E-state index is -1.69. The maximum Gasteiger partial charge on any atom is 0.115 e. The molecule has 0 spiro atoms. The predicted molar refractivity (Wildman–Crippen MR) is 52.5 cm³/mol. The highest BCUT2D eigenvalue weighted by atomic mass is 19.1. The molecule has 2 fully saturated rings. The number of halogens is 1. The van der Waals surface area contributed by atoms with Gasteiger partial charge in [-0.05, 0) is 38.1 Å². The number of hydrogen-bond donors (Lipinski definition) is 0. The van der Waals surface area contributed by atoms with Crippen molar-refractivity contribution in [3.63, 3.8) is 0 Å². The Morgan fingerprint density at radius 2 is 2.46 bits per heavy atom. The van der Waals surface area contributed by atoms with E-state index in [9.17, 15) is 4.39 Å². The van der Waals surface area contributed by atoms with Gasteiger partial charge in [-0.2, -0.15) is 0 Å². The van der Waals surface area contributed by atoms with Crippen LogP contribution in [0, 0.1) is 5.92 Å². The van der Waals surface area contributed by atoms with E-state index in [0.717, 1.165) is 19.4 Å². The molecule has 2 saturated heterocycles. The topological polar surface area (TPSA) is 3.24 Å². The summed E-state index contributed by atoms with van der Waals surface area (Å²) in [4.78, 5) is 2.22. The van der Waals surface area contributed by atoms with Gasteiger partial charge < -0.3 is 0 Å². The van der Waals surface area contributed by atoms with Crippen molar-refractivity contribution in [1.82, 2.24) is 4.90 Å². The first kappa shape index (κ1) is 8.22. The molecule has 2 rings (SSSR count). The highest BCUT2D eigenvalue weighted by Crippen LogP contribution is 2.43. The Hall–Kier alpha value is -0.110. The molecule has 0 unspecified atom stereocenters. The molecule has 0 aromatic heterocycles. The standard InChI is InChI=1S/C11H20FN/c1-9(2)6-11-4-3-5-13(11)8-10(12)7-11/h9-10H,3-8H2,1-2H3/t10-,11+/m0/s1/i10D. The third-order valence-electron chi connectivity index (χ3n) is 3.41. The molecule has 2 heteroatoms. The summed E-state index contributed by atoms with van der Waals surface area (Å²) in [6.07, 6.45) is 2.07. The molecule has 0 N–H and O–H groups in total. The Morgan fingerprint density at radius 3 is 3.15 bits per heavy atom. The van der Waals surface area contributed by atoms with E-state index in [0.29, 0.717) is 18.9 Å². The molecule has 0 bridgehead atoms. The summed E-state index contributed by atoms with van der Waals surface area (Å²) >= 11 is 0. The van der Waals surface area contributed by atoms with Gasteiger partial charge in [0.2, 0.25) is 0 Å². The van der Waals surface area contributed by atoms with Crippen LogP contribution in [0.25, 0.3) is 0 Å². The summed E-state index contributed by atoms with van der Waals surface area (Å²) < 4.78 is 21.2. The Balaban J connectivity index is 2.15. The van der Waals surface area contributed by atoms with E-state index < -0.39 is 6.15 Å². The van der Waals surface area contributed by atoms with Crippen molar-refractivity contribution in [3.05, 3.63) is 0 Å². The van der Waals surface area contributed by atoms with Crippen molar-refractivity contribution < 1.29 is 5.76 Å². The molecule has 0 radical (unpaired) electrons. The van der Waals surface area contributed by atoms with Crippen LogP contribution >= 0.6 is 0 Å². The van der Waals surface area contributed by atoms with Crippen LogP contribution in [0.15, 0.2) is 0 Å². The van der Waals surface area contributed by atoms with Crippen molar-refractivity contribution in [2.75, 3.05) is 13.1 Å². The molecule has 2 heterocycles. The lowest BCUT2D eigenvalue weighted by Crippen LogP contribution is -2.39. The molecule has 1 nitrogen and oxygen atoms in total. The number of rotatable bonds is 2. The van der Waals surface area contributed by atoms with Crippen LogP contribution in [-0.4, -0.2) is 29.7 Å². The minimum Gasteiger partial charge on any atom is -0.295 e. The SMILES string of the molecule is [2H][C@@]1(F)CN2CCC[C@@]2(CC(C)C)C1. The maximum absolute atomic E-state index is 13.7. The third kappa shape index (κ3) is 1.61. The van der Waals surface area contributed by atoms with Crippen LogP contribution in [0.3, 0.4) is 0 Å². The third-order valence-corrected chi connectivity index (χ3v) is 3.41. The highest BCUT2D eigenvalue weighted by molar-refractivity contribution is 5.03. The zero-order chi connectivity index (χ0) is 10.4. The summed E-state index contributed by atoms with van der Waals surface area (Å²) in [5.41, 5.74) is 0.0324. The average Bonchev–Trinajstić information content (AvgIpc) is 2.37. The molecule has 0 aromatic rings. The van der Waals surface area contributed by atoms with Crippen LogP contribution in [0.1, 0.15) is 40.9 Å². The Kier molecular flexibility index (Phi) is 2.04. The fraction of sp³-hybridized carbons (Fsp3) is 1.00. The summed E-state index contributed by atoms with van der Waals surface area (Å²) in [5.74, 6) is 0.601. The second kappa shape index (κ2) is 3.23. The number of alkyl halides is 1. The first-order chi connectivity index (χ1) is 6.44. The summed E-state index contributed by atoms with van der Waals surface area (Å²) in [7, 11) is 0. The van der Waals surface area contributed by atoms with Crippen LogP contribution in [0.4, 0.5) is 4.39 Å². The lowest BCUT2D eigenvalue weighted by Gasteiger charge is -2.33. The average molecular weight is 186 g/mol. The van der Waals surface area contributed by atoms with Gasteiger partial charge in [-0.1, -0.05) is 13.8 Å². The van der Waals surface area contributed by atoms with E-state index in [1.165, 1.54) is 6.42 Å². The van der Waals surface area contributed by atoms with E-state index in [-0.39, 0.29) is 5.54 Å². The number of fused-ring (bicyclic) bond motifs is 1. The molecule has 76 valence electrons. The molecular formula is C11H20FN. The molecule has 2 atom stereocenters. The smallest absolute Gasteiger partial charge is 0.115 e. The monoisotopic (exact) mass is 186 g/mol. The fourth-order valence-electron chi connectivity index (χ4n) is 3.12. The lowest BCUT2D eigenvalue weighted by atomic mass is 9.85. The summed E-state index contributed by atoms with van der Waals surface area (Å²) in [6.45, 7) is 5.71. The normalized spacial score (nSPS) is 46.9.